The predicted octanol–water partition coefficient (Wildman–Crippen LogP) is 5.95. The van der Waals surface area contributed by atoms with Crippen molar-refractivity contribution in [2.24, 2.45) is 11.8 Å². The number of hydrogen-bond acceptors (Lipinski definition) is 6. The number of amides is 1. The molecule has 2 aliphatic heterocycles. The number of halogens is 3. The molecule has 0 N–H and O–H groups in total. The second-order valence-electron chi connectivity index (χ2n) is 12.1. The van der Waals surface area contributed by atoms with E-state index in [0.717, 1.165) is 45.3 Å². The van der Waals surface area contributed by atoms with Crippen LogP contribution < -0.4 is 4.90 Å². The highest BCUT2D eigenvalue weighted by atomic mass is 35.5. The number of anilines is 1. The number of piperidine rings is 2. The molecule has 0 atom stereocenters. The van der Waals surface area contributed by atoms with E-state index in [-0.39, 0.29) is 24.2 Å². The molecule has 2 heterocycles. The Kier molecular flexibility index (Phi) is 13.4. The summed E-state index contributed by atoms with van der Waals surface area (Å²) in [7, 11) is -6.53. The second-order valence-corrected chi connectivity index (χ2v) is 17.4. The minimum absolute atomic E-state index is 0. The fourth-order valence-electron chi connectivity index (χ4n) is 5.96. The molecule has 246 valence electrons. The number of sulfone groups is 1. The molecule has 8 nitrogen and oxygen atoms in total. The van der Waals surface area contributed by atoms with Crippen molar-refractivity contribution in [3.05, 3.63) is 58.1 Å². The Balaban J connectivity index is 0.00000529. The predicted molar refractivity (Wildman–Crippen MR) is 181 cm³/mol. The van der Waals surface area contributed by atoms with Crippen molar-refractivity contribution < 1.29 is 21.6 Å². The van der Waals surface area contributed by atoms with Crippen molar-refractivity contribution in [1.29, 1.82) is 0 Å². The van der Waals surface area contributed by atoms with Gasteiger partial charge in [-0.3, -0.25) is 4.79 Å². The van der Waals surface area contributed by atoms with Crippen LogP contribution in [0.15, 0.2) is 47.4 Å². The third-order valence-electron chi connectivity index (χ3n) is 8.71. The molecule has 2 aromatic rings. The quantitative estimate of drug-likeness (QED) is 0.287. The summed E-state index contributed by atoms with van der Waals surface area (Å²) in [6.07, 6.45) is 6.07. The lowest BCUT2D eigenvalue weighted by molar-refractivity contribution is -0.123. The van der Waals surface area contributed by atoms with Gasteiger partial charge < -0.3 is 9.80 Å². The topological polar surface area (TPSA) is 95.1 Å². The van der Waals surface area contributed by atoms with Crippen molar-refractivity contribution in [2.75, 3.05) is 50.4 Å². The number of rotatable bonds is 11. The summed E-state index contributed by atoms with van der Waals surface area (Å²) in [5, 5.41) is 0.387. The molecule has 4 rings (SSSR count). The largest absolute Gasteiger partial charge is 0.312 e. The highest BCUT2D eigenvalue weighted by Crippen LogP contribution is 2.30. The van der Waals surface area contributed by atoms with Crippen LogP contribution in [-0.4, -0.2) is 82.7 Å². The van der Waals surface area contributed by atoms with Gasteiger partial charge in [0.1, 0.15) is 0 Å². The lowest BCUT2D eigenvalue weighted by Crippen LogP contribution is -2.45. The highest BCUT2D eigenvalue weighted by Gasteiger charge is 2.32. The number of likely N-dealkylation sites (tertiary alicyclic amines) is 1. The van der Waals surface area contributed by atoms with Crippen molar-refractivity contribution in [3.63, 3.8) is 0 Å². The zero-order valence-electron chi connectivity index (χ0n) is 25.6. The van der Waals surface area contributed by atoms with Crippen molar-refractivity contribution in [1.82, 2.24) is 9.21 Å². The number of benzene rings is 2. The number of nitrogens with zero attached hydrogens (tertiary/aromatic N) is 3. The molecule has 0 unspecified atom stereocenters. The molecule has 13 heteroatoms. The van der Waals surface area contributed by atoms with E-state index < -0.39 is 25.1 Å². The van der Waals surface area contributed by atoms with Crippen molar-refractivity contribution in [2.45, 2.75) is 62.5 Å². The van der Waals surface area contributed by atoms with Crippen molar-refractivity contribution >= 4 is 67.1 Å². The molecule has 0 aromatic heterocycles. The van der Waals surface area contributed by atoms with E-state index in [4.69, 9.17) is 23.2 Å². The lowest BCUT2D eigenvalue weighted by atomic mass is 9.90. The molecule has 1 amide bonds. The number of sulfonamides is 1. The van der Waals surface area contributed by atoms with Crippen LogP contribution in [0.2, 0.25) is 10.0 Å². The summed E-state index contributed by atoms with van der Waals surface area (Å²) in [4.78, 5) is 18.3. The maximum atomic E-state index is 13.7. The average molecular weight is 709 g/mol. The van der Waals surface area contributed by atoms with Crippen LogP contribution in [0.4, 0.5) is 5.69 Å². The number of hydrogen-bond donors (Lipinski definition) is 0. The first-order valence-corrected chi connectivity index (χ1v) is 19.2. The second kappa shape index (κ2) is 15.9. The van der Waals surface area contributed by atoms with Gasteiger partial charge in [0.15, 0.2) is 9.84 Å². The zero-order chi connectivity index (χ0) is 31.4. The zero-order valence-corrected chi connectivity index (χ0v) is 29.6. The normalized spacial score (nSPS) is 17.9. The maximum absolute atomic E-state index is 13.7. The first-order valence-electron chi connectivity index (χ1n) is 15.0. The van der Waals surface area contributed by atoms with Gasteiger partial charge in [0.2, 0.25) is 15.9 Å². The molecular weight excluding hydrogens is 665 g/mol. The summed E-state index contributed by atoms with van der Waals surface area (Å²) in [5.41, 5.74) is 1.87. The fourth-order valence-corrected chi connectivity index (χ4v) is 8.19. The first-order chi connectivity index (χ1) is 20.3. The maximum Gasteiger partial charge on any atom is 0.230 e. The number of carbonyl (C=O) groups excluding carboxylic acids is 1. The van der Waals surface area contributed by atoms with Gasteiger partial charge in [-0.15, -0.1) is 12.4 Å². The van der Waals surface area contributed by atoms with Gasteiger partial charge in [-0.2, -0.15) is 0 Å². The molecule has 0 aliphatic carbocycles. The van der Waals surface area contributed by atoms with Crippen LogP contribution in [0.25, 0.3) is 0 Å². The average Bonchev–Trinajstić information content (AvgIpc) is 2.97. The summed E-state index contributed by atoms with van der Waals surface area (Å²) in [5.74, 6) is 0.302. The van der Waals surface area contributed by atoms with E-state index in [9.17, 15) is 21.6 Å². The Morgan fingerprint density at radius 2 is 1.52 bits per heavy atom. The third kappa shape index (κ3) is 9.56. The standard InChI is InChI=1S/C31H43Cl2N3O5S2.ClH/c1-23(2)43(40,41)28-8-5-24(6-9-28)21-25-11-17-34(18-12-25)15-4-16-36(27-7-10-29(32)30(33)22-27)31(37)26-13-19-35(20-14-26)42(3,38)39;/h5-10,22-23,25-26H,4,11-21H2,1-3H3;1H. The van der Waals surface area contributed by atoms with Gasteiger partial charge in [-0.05, 0) is 114 Å². The molecule has 0 radical (unpaired) electrons. The number of carbonyl (C=O) groups is 1. The summed E-state index contributed by atoms with van der Waals surface area (Å²) in [6, 6.07) is 12.6. The highest BCUT2D eigenvalue weighted by molar-refractivity contribution is 7.92. The van der Waals surface area contributed by atoms with Gasteiger partial charge in [0, 0.05) is 31.2 Å². The fraction of sp³-hybridized carbons (Fsp3) is 0.581. The molecule has 2 aliphatic rings. The van der Waals surface area contributed by atoms with Gasteiger partial charge in [-0.1, -0.05) is 35.3 Å². The molecule has 2 saturated heterocycles. The molecule has 2 fully saturated rings. The minimum atomic E-state index is -3.27. The van der Waals surface area contributed by atoms with Crippen LogP contribution in [0.3, 0.4) is 0 Å². The Hall–Kier alpha value is -1.40. The molecule has 0 spiro atoms. The molecule has 2 aromatic carbocycles. The summed E-state index contributed by atoms with van der Waals surface area (Å²) in [6.45, 7) is 7.46. The van der Waals surface area contributed by atoms with Gasteiger partial charge in [-0.25, -0.2) is 21.1 Å². The van der Waals surface area contributed by atoms with E-state index >= 15 is 0 Å². The van der Waals surface area contributed by atoms with Crippen LogP contribution >= 0.6 is 35.6 Å². The Bertz CT molecular complexity index is 1470. The Labute approximate surface area is 279 Å². The van der Waals surface area contributed by atoms with Crippen LogP contribution in [0, 0.1) is 11.8 Å². The monoisotopic (exact) mass is 707 g/mol. The van der Waals surface area contributed by atoms with Crippen LogP contribution in [0.1, 0.15) is 51.5 Å². The van der Waals surface area contributed by atoms with Gasteiger partial charge in [0.25, 0.3) is 0 Å². The van der Waals surface area contributed by atoms with Crippen molar-refractivity contribution in [3.8, 4) is 0 Å². The molecule has 44 heavy (non-hydrogen) atoms. The smallest absolute Gasteiger partial charge is 0.230 e. The SMILES string of the molecule is CC(C)S(=O)(=O)c1ccc(CC2CCN(CCCN(C(=O)C3CCN(S(C)(=O)=O)CC3)c3ccc(Cl)c(Cl)c3)CC2)cc1.Cl. The Morgan fingerprint density at radius 1 is 0.909 bits per heavy atom. The third-order valence-corrected chi connectivity index (χ3v) is 12.9. The molecule has 0 saturated carbocycles. The van der Waals surface area contributed by atoms with E-state index in [2.05, 4.69) is 4.90 Å². The van der Waals surface area contributed by atoms with Crippen LogP contribution in [-0.2, 0) is 31.1 Å². The van der Waals surface area contributed by atoms with Gasteiger partial charge >= 0.3 is 0 Å². The lowest BCUT2D eigenvalue weighted by Gasteiger charge is -2.35. The van der Waals surface area contributed by atoms with Gasteiger partial charge in [0.05, 0.1) is 26.4 Å². The van der Waals surface area contributed by atoms with E-state index in [1.165, 1.54) is 16.1 Å². The Morgan fingerprint density at radius 3 is 2.07 bits per heavy atom. The summed E-state index contributed by atoms with van der Waals surface area (Å²) >= 11 is 12.5. The molecule has 0 bridgehead atoms. The minimum Gasteiger partial charge on any atom is -0.312 e. The van der Waals surface area contributed by atoms with E-state index in [1.807, 2.05) is 18.2 Å². The van der Waals surface area contributed by atoms with Crippen LogP contribution in [0.5, 0.6) is 0 Å². The molecular formula is C31H44Cl3N3O5S2. The summed E-state index contributed by atoms with van der Waals surface area (Å²) < 4.78 is 50.1. The van der Waals surface area contributed by atoms with E-state index in [0.29, 0.717) is 59.0 Å². The first kappa shape index (κ1) is 37.1. The van der Waals surface area contributed by atoms with E-state index in [1.54, 1.807) is 43.0 Å².